The highest BCUT2D eigenvalue weighted by Gasteiger charge is 2.38. The number of hydrogen-bond donors (Lipinski definition) is 0. The van der Waals surface area contributed by atoms with Crippen molar-refractivity contribution in [3.63, 3.8) is 0 Å². The molecule has 1 spiro atoms. The Labute approximate surface area is 197 Å². The van der Waals surface area contributed by atoms with Crippen LogP contribution in [0.5, 0.6) is 0 Å². The zero-order valence-electron chi connectivity index (χ0n) is 21.2. The van der Waals surface area contributed by atoms with E-state index in [-0.39, 0.29) is 5.41 Å². The van der Waals surface area contributed by atoms with Crippen molar-refractivity contribution in [2.75, 3.05) is 44.3 Å². The molecule has 1 aromatic rings. The van der Waals surface area contributed by atoms with Crippen LogP contribution in [-0.4, -0.2) is 50.3 Å². The maximum atomic E-state index is 5.52. The predicted molar refractivity (Wildman–Crippen MR) is 137 cm³/mol. The van der Waals surface area contributed by atoms with Crippen molar-refractivity contribution in [2.24, 2.45) is 5.41 Å². The molecule has 3 fully saturated rings. The lowest BCUT2D eigenvalue weighted by molar-refractivity contribution is 0.0490. The Hall–Kier alpha value is -1.32. The van der Waals surface area contributed by atoms with Gasteiger partial charge in [-0.2, -0.15) is 0 Å². The second kappa shape index (κ2) is 10.3. The minimum atomic E-state index is 0.153. The van der Waals surface area contributed by atoms with Crippen LogP contribution in [0, 0.1) is 5.41 Å². The van der Waals surface area contributed by atoms with Crippen molar-refractivity contribution in [1.29, 1.82) is 0 Å². The van der Waals surface area contributed by atoms with Crippen LogP contribution in [-0.2, 0) is 10.2 Å². The summed E-state index contributed by atoms with van der Waals surface area (Å²) in [5, 5.41) is 0. The Morgan fingerprint density at radius 2 is 1.56 bits per heavy atom. The first kappa shape index (κ1) is 23.8. The fraction of sp³-hybridized carbons (Fsp3) is 0.724. The first-order chi connectivity index (χ1) is 15.4. The van der Waals surface area contributed by atoms with Crippen molar-refractivity contribution < 1.29 is 4.74 Å². The Balaban J connectivity index is 1.43. The first-order valence-corrected chi connectivity index (χ1v) is 13.2. The summed E-state index contributed by atoms with van der Waals surface area (Å²) >= 11 is 0. The molecule has 0 N–H and O–H groups in total. The average molecular weight is 439 g/mol. The third kappa shape index (κ3) is 5.78. The number of anilines is 1. The fourth-order valence-electron chi connectivity index (χ4n) is 6.40. The number of likely N-dealkylation sites (tertiary alicyclic amines) is 1. The van der Waals surface area contributed by atoms with Crippen LogP contribution in [0.1, 0.15) is 84.6 Å². The van der Waals surface area contributed by atoms with Gasteiger partial charge in [0, 0.05) is 24.8 Å². The van der Waals surface area contributed by atoms with E-state index in [2.05, 4.69) is 67.8 Å². The molecule has 1 unspecified atom stereocenters. The van der Waals surface area contributed by atoms with Crippen LogP contribution in [0.2, 0.25) is 0 Å². The van der Waals surface area contributed by atoms with Gasteiger partial charge in [-0.1, -0.05) is 56.9 Å². The van der Waals surface area contributed by atoms with Crippen molar-refractivity contribution in [1.82, 2.24) is 4.90 Å². The molecule has 2 saturated heterocycles. The third-order valence-electron chi connectivity index (χ3n) is 8.51. The maximum Gasteiger partial charge on any atom is 0.0642 e. The van der Waals surface area contributed by atoms with E-state index in [0.717, 1.165) is 26.3 Å². The fourth-order valence-corrected chi connectivity index (χ4v) is 6.40. The lowest BCUT2D eigenvalue weighted by Crippen LogP contribution is -2.47. The van der Waals surface area contributed by atoms with Gasteiger partial charge in [0.25, 0.3) is 0 Å². The molecule has 3 nitrogen and oxygen atoms in total. The molecule has 1 saturated carbocycles. The standard InChI is InChI=1S/C29H46N2O/c1-24(2)22-27(30-16-14-29(15-17-30)12-6-5-7-13-29)23-28(3,4)25-8-10-26(11-9-25)31-18-20-32-21-19-31/h8-11,22,27H,5-7,12-21,23H2,1-4H3. The minimum absolute atomic E-state index is 0.153. The SMILES string of the molecule is CC(C)=CC(CC(C)(C)c1ccc(N2CCOCC2)cc1)N1CCC2(CCCCC2)CC1. The van der Waals surface area contributed by atoms with Gasteiger partial charge in [-0.05, 0) is 87.6 Å². The largest absolute Gasteiger partial charge is 0.378 e. The molecule has 1 atom stereocenters. The molecule has 0 aromatic heterocycles. The summed E-state index contributed by atoms with van der Waals surface area (Å²) in [5.41, 5.74) is 5.08. The van der Waals surface area contributed by atoms with Gasteiger partial charge in [0.2, 0.25) is 0 Å². The minimum Gasteiger partial charge on any atom is -0.378 e. The molecule has 1 aromatic carbocycles. The quantitative estimate of drug-likeness (QED) is 0.467. The second-order valence-corrected chi connectivity index (χ2v) is 11.6. The molecule has 32 heavy (non-hydrogen) atoms. The van der Waals surface area contributed by atoms with E-state index in [1.54, 1.807) is 0 Å². The number of rotatable bonds is 6. The number of benzene rings is 1. The van der Waals surface area contributed by atoms with E-state index < -0.39 is 0 Å². The second-order valence-electron chi connectivity index (χ2n) is 11.6. The van der Waals surface area contributed by atoms with Crippen LogP contribution in [0.4, 0.5) is 5.69 Å². The van der Waals surface area contributed by atoms with E-state index in [0.29, 0.717) is 11.5 Å². The van der Waals surface area contributed by atoms with Gasteiger partial charge >= 0.3 is 0 Å². The van der Waals surface area contributed by atoms with Gasteiger partial charge in [-0.25, -0.2) is 0 Å². The summed E-state index contributed by atoms with van der Waals surface area (Å²) in [6, 6.07) is 9.93. The Morgan fingerprint density at radius 3 is 2.16 bits per heavy atom. The number of piperidine rings is 1. The Kier molecular flexibility index (Phi) is 7.67. The molecule has 0 radical (unpaired) electrons. The molecule has 0 bridgehead atoms. The predicted octanol–water partition coefficient (Wildman–Crippen LogP) is 6.57. The van der Waals surface area contributed by atoms with Crippen molar-refractivity contribution in [2.45, 2.75) is 90.5 Å². The highest BCUT2D eigenvalue weighted by Crippen LogP contribution is 2.45. The average Bonchev–Trinajstić information content (AvgIpc) is 2.80. The number of nitrogens with zero attached hydrogens (tertiary/aromatic N) is 2. The van der Waals surface area contributed by atoms with Crippen molar-refractivity contribution in [3.8, 4) is 0 Å². The van der Waals surface area contributed by atoms with Gasteiger partial charge in [-0.3, -0.25) is 4.90 Å². The number of allylic oxidation sites excluding steroid dienone is 1. The molecule has 1 aliphatic carbocycles. The molecule has 3 aliphatic rings. The lowest BCUT2D eigenvalue weighted by Gasteiger charge is -2.47. The molecule has 0 amide bonds. The van der Waals surface area contributed by atoms with Gasteiger partial charge in [0.05, 0.1) is 13.2 Å². The summed E-state index contributed by atoms with van der Waals surface area (Å²) in [6.45, 7) is 15.7. The van der Waals surface area contributed by atoms with E-state index in [9.17, 15) is 0 Å². The summed E-state index contributed by atoms with van der Waals surface area (Å²) < 4.78 is 5.52. The zero-order chi connectivity index (χ0) is 22.6. The van der Waals surface area contributed by atoms with Crippen LogP contribution < -0.4 is 4.90 Å². The van der Waals surface area contributed by atoms with E-state index >= 15 is 0 Å². The number of ether oxygens (including phenoxy) is 1. The van der Waals surface area contributed by atoms with Gasteiger partial charge in [0.1, 0.15) is 0 Å². The zero-order valence-corrected chi connectivity index (χ0v) is 21.2. The van der Waals surface area contributed by atoms with Gasteiger partial charge in [0.15, 0.2) is 0 Å². The Bertz CT molecular complexity index is 740. The molecule has 2 aliphatic heterocycles. The van der Waals surface area contributed by atoms with Crippen LogP contribution in [0.15, 0.2) is 35.9 Å². The highest BCUT2D eigenvalue weighted by molar-refractivity contribution is 5.49. The maximum absolute atomic E-state index is 5.52. The highest BCUT2D eigenvalue weighted by atomic mass is 16.5. The summed E-state index contributed by atoms with van der Waals surface area (Å²) in [5.74, 6) is 0. The molecule has 2 heterocycles. The molecular formula is C29H46N2O. The topological polar surface area (TPSA) is 15.7 Å². The number of morpholine rings is 1. The van der Waals surface area contributed by atoms with E-state index in [1.165, 1.54) is 81.3 Å². The molecule has 3 heteroatoms. The monoisotopic (exact) mass is 438 g/mol. The van der Waals surface area contributed by atoms with Crippen LogP contribution in [0.25, 0.3) is 0 Å². The number of hydrogen-bond acceptors (Lipinski definition) is 3. The summed E-state index contributed by atoms with van der Waals surface area (Å²) in [7, 11) is 0. The summed E-state index contributed by atoms with van der Waals surface area (Å²) in [4.78, 5) is 5.25. The first-order valence-electron chi connectivity index (χ1n) is 13.2. The van der Waals surface area contributed by atoms with Crippen molar-refractivity contribution >= 4 is 5.69 Å². The normalized spacial score (nSPS) is 23.2. The van der Waals surface area contributed by atoms with Gasteiger partial charge in [-0.15, -0.1) is 0 Å². The molecule has 178 valence electrons. The Morgan fingerprint density at radius 1 is 0.938 bits per heavy atom. The summed E-state index contributed by atoms with van der Waals surface area (Å²) in [6.07, 6.45) is 13.9. The molecular weight excluding hydrogens is 392 g/mol. The van der Waals surface area contributed by atoms with Crippen LogP contribution >= 0.6 is 0 Å². The lowest BCUT2D eigenvalue weighted by atomic mass is 9.67. The smallest absolute Gasteiger partial charge is 0.0642 e. The van der Waals surface area contributed by atoms with E-state index in [1.807, 2.05) is 0 Å². The molecule has 4 rings (SSSR count). The van der Waals surface area contributed by atoms with E-state index in [4.69, 9.17) is 4.74 Å². The van der Waals surface area contributed by atoms with Crippen molar-refractivity contribution in [3.05, 3.63) is 41.5 Å². The van der Waals surface area contributed by atoms with Gasteiger partial charge < -0.3 is 9.64 Å². The third-order valence-corrected chi connectivity index (χ3v) is 8.51. The van der Waals surface area contributed by atoms with Crippen LogP contribution in [0.3, 0.4) is 0 Å².